The van der Waals surface area contributed by atoms with Crippen molar-refractivity contribution in [3.8, 4) is 17.0 Å². The molecule has 9 heteroatoms. The Morgan fingerprint density at radius 3 is 2.87 bits per heavy atom. The summed E-state index contributed by atoms with van der Waals surface area (Å²) in [6.45, 7) is 0.479. The number of aromatic nitrogens is 2. The fourth-order valence-electron chi connectivity index (χ4n) is 3.63. The normalized spacial score (nSPS) is 15.1. The highest BCUT2D eigenvalue weighted by atomic mass is 35.5. The lowest BCUT2D eigenvalue weighted by molar-refractivity contribution is 0.1000. The molecule has 1 atom stereocenters. The Labute approximate surface area is 183 Å². The highest BCUT2D eigenvalue weighted by molar-refractivity contribution is 6.32. The first-order valence-corrected chi connectivity index (χ1v) is 9.95. The Kier molecular flexibility index (Phi) is 6.01. The Morgan fingerprint density at radius 2 is 2.13 bits per heavy atom. The largest absolute Gasteiger partial charge is 0.493 e. The molecular weight excluding hydrogens is 423 g/mol. The zero-order valence-corrected chi connectivity index (χ0v) is 17.7. The van der Waals surface area contributed by atoms with Gasteiger partial charge in [0.2, 0.25) is 0 Å². The molecule has 1 aliphatic rings. The van der Waals surface area contributed by atoms with E-state index in [2.05, 4.69) is 20.3 Å². The predicted molar refractivity (Wildman–Crippen MR) is 117 cm³/mol. The van der Waals surface area contributed by atoms with Gasteiger partial charge < -0.3 is 19.8 Å². The van der Waals surface area contributed by atoms with Crippen LogP contribution in [0.3, 0.4) is 0 Å². The number of nitrogens with zero attached hydrogens (tertiary/aromatic N) is 2. The number of pyridine rings is 1. The summed E-state index contributed by atoms with van der Waals surface area (Å²) in [4.78, 5) is 23.9. The molecule has 3 heterocycles. The zero-order valence-electron chi connectivity index (χ0n) is 16.9. The van der Waals surface area contributed by atoms with Gasteiger partial charge in [0.25, 0.3) is 5.91 Å². The average Bonchev–Trinajstić information content (AvgIpc) is 3.14. The summed E-state index contributed by atoms with van der Waals surface area (Å²) in [7, 11) is 3.11. The van der Waals surface area contributed by atoms with E-state index in [1.807, 2.05) is 0 Å². The molecule has 3 aromatic rings. The Hall–Kier alpha value is -3.23. The van der Waals surface area contributed by atoms with Gasteiger partial charge in [-0.15, -0.1) is 0 Å². The summed E-state index contributed by atoms with van der Waals surface area (Å²) in [6.07, 6.45) is 4.82. The second kappa shape index (κ2) is 8.87. The molecule has 0 unspecified atom stereocenters. The highest BCUT2D eigenvalue weighted by Crippen LogP contribution is 2.43. The molecule has 1 aromatic carbocycles. The molecule has 160 valence electrons. The number of aliphatic imine (C=N–C) groups is 1. The van der Waals surface area contributed by atoms with Crippen molar-refractivity contribution in [3.05, 3.63) is 58.8 Å². The number of methoxy groups -OCH3 is 2. The number of amides is 1. The van der Waals surface area contributed by atoms with Crippen LogP contribution in [0.15, 0.2) is 41.7 Å². The first-order valence-electron chi connectivity index (χ1n) is 9.57. The summed E-state index contributed by atoms with van der Waals surface area (Å²) in [5.74, 6) is -0.732. The van der Waals surface area contributed by atoms with Crippen molar-refractivity contribution in [1.82, 2.24) is 9.97 Å². The van der Waals surface area contributed by atoms with Crippen LogP contribution >= 0.6 is 11.6 Å². The van der Waals surface area contributed by atoms with Crippen molar-refractivity contribution in [3.63, 3.8) is 0 Å². The predicted octanol–water partition coefficient (Wildman–Crippen LogP) is 4.97. The number of hydrogen-bond donors (Lipinski definition) is 2. The second-order valence-electron chi connectivity index (χ2n) is 6.94. The highest BCUT2D eigenvalue weighted by Gasteiger charge is 2.32. The molecule has 0 fully saturated rings. The SMILES string of the molecule is COCC[C@H]1C=NC(=O)c2c1[nH]c(-c1ccncc1F)c2Nc1cccc(Cl)c1OC. The number of benzene rings is 1. The number of carbonyl (C=O) groups excluding carboxylic acids is 1. The number of rotatable bonds is 7. The molecule has 0 bridgehead atoms. The van der Waals surface area contributed by atoms with Crippen molar-refractivity contribution in [2.24, 2.45) is 4.99 Å². The minimum Gasteiger partial charge on any atom is -0.493 e. The summed E-state index contributed by atoms with van der Waals surface area (Å²) in [5.41, 5.74) is 2.59. The number of para-hydroxylation sites is 1. The number of anilines is 2. The van der Waals surface area contributed by atoms with Crippen molar-refractivity contribution in [2.75, 3.05) is 26.1 Å². The topological polar surface area (TPSA) is 88.6 Å². The quantitative estimate of drug-likeness (QED) is 0.539. The number of fused-ring (bicyclic) bond motifs is 1. The molecule has 2 aromatic heterocycles. The van der Waals surface area contributed by atoms with Crippen molar-refractivity contribution in [2.45, 2.75) is 12.3 Å². The van der Waals surface area contributed by atoms with Gasteiger partial charge in [0.15, 0.2) is 11.6 Å². The van der Waals surface area contributed by atoms with E-state index in [0.29, 0.717) is 52.1 Å². The van der Waals surface area contributed by atoms with Gasteiger partial charge in [0, 0.05) is 43.3 Å². The van der Waals surface area contributed by atoms with Gasteiger partial charge in [-0.25, -0.2) is 9.38 Å². The lowest BCUT2D eigenvalue weighted by Gasteiger charge is -2.17. The summed E-state index contributed by atoms with van der Waals surface area (Å²) in [6, 6.07) is 6.75. The van der Waals surface area contributed by atoms with Crippen LogP contribution in [-0.2, 0) is 4.74 Å². The van der Waals surface area contributed by atoms with Crippen LogP contribution in [0.4, 0.5) is 15.8 Å². The van der Waals surface area contributed by atoms with Gasteiger partial charge in [0.1, 0.15) is 0 Å². The smallest absolute Gasteiger partial charge is 0.280 e. The van der Waals surface area contributed by atoms with E-state index in [1.54, 1.807) is 37.6 Å². The minimum atomic E-state index is -0.524. The number of aromatic amines is 1. The molecule has 0 spiro atoms. The van der Waals surface area contributed by atoms with Crippen molar-refractivity contribution in [1.29, 1.82) is 0 Å². The molecule has 7 nitrogen and oxygen atoms in total. The summed E-state index contributed by atoms with van der Waals surface area (Å²) < 4.78 is 25.3. The third-order valence-corrected chi connectivity index (χ3v) is 5.39. The lowest BCUT2D eigenvalue weighted by Crippen LogP contribution is -2.15. The maximum absolute atomic E-state index is 14.7. The van der Waals surface area contributed by atoms with Crippen molar-refractivity contribution >= 4 is 35.1 Å². The van der Waals surface area contributed by atoms with E-state index in [0.717, 1.165) is 6.20 Å². The number of carbonyl (C=O) groups is 1. The van der Waals surface area contributed by atoms with E-state index in [-0.39, 0.29) is 11.5 Å². The molecule has 2 N–H and O–H groups in total. The molecule has 0 aliphatic carbocycles. The monoisotopic (exact) mass is 442 g/mol. The third-order valence-electron chi connectivity index (χ3n) is 5.09. The fourth-order valence-corrected chi connectivity index (χ4v) is 3.89. The molecule has 0 saturated heterocycles. The van der Waals surface area contributed by atoms with Crippen LogP contribution in [0, 0.1) is 5.82 Å². The van der Waals surface area contributed by atoms with Crippen LogP contribution in [0.2, 0.25) is 5.02 Å². The van der Waals surface area contributed by atoms with Crippen LogP contribution in [0.1, 0.15) is 28.4 Å². The Morgan fingerprint density at radius 1 is 1.29 bits per heavy atom. The fraction of sp³-hybridized carbons (Fsp3) is 0.227. The maximum Gasteiger partial charge on any atom is 0.280 e. The molecule has 4 rings (SSSR count). The van der Waals surface area contributed by atoms with Crippen LogP contribution in [0.25, 0.3) is 11.3 Å². The van der Waals surface area contributed by atoms with Gasteiger partial charge >= 0.3 is 0 Å². The molecular formula is C22H20ClFN4O3. The Bertz CT molecular complexity index is 1160. The molecule has 1 amide bonds. The minimum absolute atomic E-state index is 0.187. The van der Waals surface area contributed by atoms with E-state index in [4.69, 9.17) is 21.1 Å². The van der Waals surface area contributed by atoms with Gasteiger partial charge in [-0.2, -0.15) is 0 Å². The van der Waals surface area contributed by atoms with Crippen molar-refractivity contribution < 1.29 is 18.7 Å². The van der Waals surface area contributed by atoms with E-state index < -0.39 is 11.7 Å². The first-order chi connectivity index (χ1) is 15.0. The van der Waals surface area contributed by atoms with E-state index >= 15 is 0 Å². The van der Waals surface area contributed by atoms with Gasteiger partial charge in [-0.05, 0) is 24.6 Å². The second-order valence-corrected chi connectivity index (χ2v) is 7.34. The summed E-state index contributed by atoms with van der Waals surface area (Å²) in [5, 5.41) is 3.62. The zero-order chi connectivity index (χ0) is 22.0. The Balaban J connectivity index is 1.91. The third kappa shape index (κ3) is 3.92. The number of halogens is 2. The maximum atomic E-state index is 14.7. The van der Waals surface area contributed by atoms with Gasteiger partial charge in [-0.3, -0.25) is 9.78 Å². The molecule has 0 saturated carbocycles. The number of nitrogens with one attached hydrogen (secondary N) is 2. The lowest BCUT2D eigenvalue weighted by atomic mass is 9.96. The van der Waals surface area contributed by atoms with Crippen LogP contribution in [0.5, 0.6) is 5.75 Å². The molecule has 0 radical (unpaired) electrons. The average molecular weight is 443 g/mol. The molecule has 1 aliphatic heterocycles. The number of hydrogen-bond acceptors (Lipinski definition) is 5. The first kappa shape index (κ1) is 21.0. The van der Waals surface area contributed by atoms with Crippen LogP contribution < -0.4 is 10.1 Å². The number of ether oxygens (including phenoxy) is 2. The molecule has 31 heavy (non-hydrogen) atoms. The van der Waals surface area contributed by atoms with Crippen LogP contribution in [-0.4, -0.2) is 42.9 Å². The number of H-pyrrole nitrogens is 1. The van der Waals surface area contributed by atoms with Gasteiger partial charge in [-0.1, -0.05) is 17.7 Å². The summed E-state index contributed by atoms with van der Waals surface area (Å²) >= 11 is 6.26. The van der Waals surface area contributed by atoms with E-state index in [9.17, 15) is 9.18 Å². The standard InChI is InChI=1S/C22H20ClFN4O3/c1-30-9-7-12-10-26-22(29)17-18(12)28-19(13-6-8-25-11-15(13)24)20(17)27-16-5-3-4-14(23)21(16)31-2/h3-6,8,10-12,27-28H,7,9H2,1-2H3/t12-/m0/s1. The van der Waals surface area contributed by atoms with E-state index in [1.165, 1.54) is 13.3 Å². The van der Waals surface area contributed by atoms with Gasteiger partial charge in [0.05, 0.1) is 41.0 Å².